The zero-order valence-corrected chi connectivity index (χ0v) is 16.0. The molecule has 0 saturated heterocycles. The summed E-state index contributed by atoms with van der Waals surface area (Å²) in [6.07, 6.45) is -5.06. The molecule has 1 aliphatic rings. The fraction of sp³-hybridized carbons (Fsp3) is 0.176. The number of alkyl halides is 3. The van der Waals surface area contributed by atoms with Crippen LogP contribution in [0.1, 0.15) is 17.3 Å². The minimum atomic E-state index is -5.06. The zero-order valence-electron chi connectivity index (χ0n) is 15.2. The average Bonchev–Trinajstić information content (AvgIpc) is 2.64. The fourth-order valence-electron chi connectivity index (χ4n) is 2.71. The molecule has 0 bridgehead atoms. The highest BCUT2D eigenvalue weighted by Gasteiger charge is 2.50. The lowest BCUT2D eigenvalue weighted by molar-refractivity contribution is -0.161. The van der Waals surface area contributed by atoms with E-state index in [1.54, 1.807) is 0 Å². The van der Waals surface area contributed by atoms with Crippen molar-refractivity contribution in [2.75, 3.05) is 10.6 Å². The van der Waals surface area contributed by atoms with Crippen molar-refractivity contribution in [2.45, 2.75) is 24.0 Å². The second-order valence-corrected chi connectivity index (χ2v) is 8.15. The van der Waals surface area contributed by atoms with Crippen LogP contribution in [0.15, 0.2) is 35.2 Å². The summed E-state index contributed by atoms with van der Waals surface area (Å²) in [6, 6.07) is -0.632. The van der Waals surface area contributed by atoms with Crippen LogP contribution in [0.5, 0.6) is 0 Å². The SMILES string of the molecule is C[C@H](N1C(=O)Nc2ccc(C(=O)Nc3cc(F)c(F)c(F)c3)cc2S1(=O)=O)C(F)(F)F. The number of fused-ring (bicyclic) bond motifs is 1. The molecule has 0 aromatic heterocycles. The number of benzene rings is 2. The van der Waals surface area contributed by atoms with Crippen LogP contribution in [0.25, 0.3) is 0 Å². The Balaban J connectivity index is 1.98. The molecule has 1 aliphatic heterocycles. The maximum Gasteiger partial charge on any atom is 0.409 e. The second kappa shape index (κ2) is 7.44. The summed E-state index contributed by atoms with van der Waals surface area (Å²) in [4.78, 5) is 23.5. The highest BCUT2D eigenvalue weighted by atomic mass is 32.2. The number of carbonyl (C=O) groups is 2. The topological polar surface area (TPSA) is 95.6 Å². The number of hydrogen-bond acceptors (Lipinski definition) is 4. The average molecular weight is 467 g/mol. The molecule has 2 N–H and O–H groups in total. The van der Waals surface area contributed by atoms with Crippen molar-refractivity contribution < 1.29 is 44.3 Å². The van der Waals surface area contributed by atoms with Gasteiger partial charge in [0.25, 0.3) is 15.9 Å². The van der Waals surface area contributed by atoms with Gasteiger partial charge in [-0.05, 0) is 25.1 Å². The lowest BCUT2D eigenvalue weighted by atomic mass is 10.2. The van der Waals surface area contributed by atoms with E-state index in [0.29, 0.717) is 25.1 Å². The van der Waals surface area contributed by atoms with E-state index in [-0.39, 0.29) is 5.69 Å². The van der Waals surface area contributed by atoms with Crippen LogP contribution in [-0.4, -0.2) is 36.9 Å². The molecule has 2 aromatic carbocycles. The van der Waals surface area contributed by atoms with E-state index in [0.717, 1.165) is 12.1 Å². The Morgan fingerprint density at radius 3 is 2.23 bits per heavy atom. The Kier molecular flexibility index (Phi) is 5.38. The van der Waals surface area contributed by atoms with E-state index in [2.05, 4.69) is 0 Å². The van der Waals surface area contributed by atoms with Gasteiger partial charge < -0.3 is 10.6 Å². The van der Waals surface area contributed by atoms with Gasteiger partial charge in [0.05, 0.1) is 5.69 Å². The Labute approximate surface area is 170 Å². The molecule has 166 valence electrons. The van der Waals surface area contributed by atoms with Crippen LogP contribution in [0.4, 0.5) is 42.5 Å². The van der Waals surface area contributed by atoms with Gasteiger partial charge in [0.2, 0.25) is 0 Å². The van der Waals surface area contributed by atoms with E-state index in [4.69, 9.17) is 0 Å². The highest BCUT2D eigenvalue weighted by molar-refractivity contribution is 7.90. The number of nitrogens with zero attached hydrogens (tertiary/aromatic N) is 1. The third kappa shape index (κ3) is 4.02. The molecule has 3 rings (SSSR count). The number of hydrogen-bond donors (Lipinski definition) is 2. The number of anilines is 2. The van der Waals surface area contributed by atoms with Gasteiger partial charge in [-0.15, -0.1) is 0 Å². The Bertz CT molecular complexity index is 1180. The van der Waals surface area contributed by atoms with Crippen LogP contribution >= 0.6 is 0 Å². The van der Waals surface area contributed by atoms with Crippen LogP contribution in [0.3, 0.4) is 0 Å². The lowest BCUT2D eigenvalue weighted by Gasteiger charge is -2.33. The molecule has 1 atom stereocenters. The molecule has 1 heterocycles. The molecule has 3 amide bonds. The fourth-order valence-corrected chi connectivity index (χ4v) is 4.40. The first-order valence-electron chi connectivity index (χ1n) is 8.25. The number of carbonyl (C=O) groups excluding carboxylic acids is 2. The summed E-state index contributed by atoms with van der Waals surface area (Å²) < 4.78 is 104. The monoisotopic (exact) mass is 467 g/mol. The van der Waals surface area contributed by atoms with Gasteiger partial charge in [-0.2, -0.15) is 13.2 Å². The molecule has 14 heteroatoms. The highest BCUT2D eigenvalue weighted by Crippen LogP contribution is 2.36. The summed E-state index contributed by atoms with van der Waals surface area (Å²) in [6.45, 7) is 0.469. The first-order chi connectivity index (χ1) is 14.2. The molecule has 0 unspecified atom stereocenters. The van der Waals surface area contributed by atoms with E-state index in [1.807, 2.05) is 10.6 Å². The van der Waals surface area contributed by atoms with Crippen molar-refractivity contribution in [1.82, 2.24) is 4.31 Å². The third-order valence-electron chi connectivity index (χ3n) is 4.29. The molecular weight excluding hydrogens is 456 g/mol. The summed E-state index contributed by atoms with van der Waals surface area (Å²) >= 11 is 0. The number of urea groups is 1. The molecule has 31 heavy (non-hydrogen) atoms. The van der Waals surface area contributed by atoms with Gasteiger partial charge in [0.15, 0.2) is 17.5 Å². The second-order valence-electron chi connectivity index (χ2n) is 6.37. The maximum absolute atomic E-state index is 13.3. The number of sulfonamides is 1. The Morgan fingerprint density at radius 2 is 1.68 bits per heavy atom. The van der Waals surface area contributed by atoms with Crippen molar-refractivity contribution >= 4 is 33.3 Å². The predicted molar refractivity (Wildman–Crippen MR) is 94.3 cm³/mol. The van der Waals surface area contributed by atoms with Gasteiger partial charge in [0, 0.05) is 23.4 Å². The van der Waals surface area contributed by atoms with Gasteiger partial charge in [0.1, 0.15) is 10.9 Å². The normalized spacial score (nSPS) is 16.4. The molecular formula is C17H11F6N3O4S. The zero-order chi connectivity index (χ0) is 23.3. The first-order valence-corrected chi connectivity index (χ1v) is 9.69. The first kappa shape index (κ1) is 22.4. The summed E-state index contributed by atoms with van der Waals surface area (Å²) in [5.41, 5.74) is -1.29. The predicted octanol–water partition coefficient (Wildman–Crippen LogP) is 3.84. The minimum Gasteiger partial charge on any atom is -0.322 e. The minimum absolute atomic E-state index is 0.369. The Morgan fingerprint density at radius 1 is 1.10 bits per heavy atom. The van der Waals surface area contributed by atoms with E-state index >= 15 is 0 Å². The van der Waals surface area contributed by atoms with Crippen LogP contribution in [0, 0.1) is 17.5 Å². The van der Waals surface area contributed by atoms with Gasteiger partial charge in [-0.1, -0.05) is 0 Å². The molecule has 2 aromatic rings. The van der Waals surface area contributed by atoms with E-state index < -0.39 is 72.1 Å². The van der Waals surface area contributed by atoms with E-state index in [9.17, 15) is 44.3 Å². The Hall–Kier alpha value is -3.29. The van der Waals surface area contributed by atoms with Gasteiger partial charge in [-0.3, -0.25) is 4.79 Å². The van der Waals surface area contributed by atoms with Gasteiger partial charge in [-0.25, -0.2) is 30.7 Å². The number of nitrogens with one attached hydrogen (secondary N) is 2. The smallest absolute Gasteiger partial charge is 0.322 e. The van der Waals surface area contributed by atoms with Crippen LogP contribution < -0.4 is 10.6 Å². The summed E-state index contributed by atoms with van der Waals surface area (Å²) in [5.74, 6) is -6.06. The van der Waals surface area contributed by atoms with Gasteiger partial charge >= 0.3 is 12.2 Å². The summed E-state index contributed by atoms with van der Waals surface area (Å²) in [5, 5.41) is 4.00. The number of amides is 3. The lowest BCUT2D eigenvalue weighted by Crippen LogP contribution is -2.53. The molecule has 0 spiro atoms. The molecule has 0 fully saturated rings. The van der Waals surface area contributed by atoms with Crippen LogP contribution in [0.2, 0.25) is 0 Å². The van der Waals surface area contributed by atoms with Crippen molar-refractivity contribution in [3.8, 4) is 0 Å². The van der Waals surface area contributed by atoms with Crippen molar-refractivity contribution in [3.05, 3.63) is 53.3 Å². The molecule has 0 radical (unpaired) electrons. The van der Waals surface area contributed by atoms with Crippen molar-refractivity contribution in [2.24, 2.45) is 0 Å². The third-order valence-corrected chi connectivity index (χ3v) is 6.18. The quantitative estimate of drug-likeness (QED) is 0.530. The molecule has 7 nitrogen and oxygen atoms in total. The standard InChI is InChI=1S/C17H11F6N3O4S/c1-7(17(21,22)23)26-16(28)25-12-3-2-8(4-13(12)31(26,29)30)15(27)24-9-5-10(18)14(20)11(19)6-9/h2-7H,1H3,(H,24,27)(H,25,28)/t7-/m0/s1. The molecule has 0 saturated carbocycles. The largest absolute Gasteiger partial charge is 0.409 e. The number of halogens is 6. The summed E-state index contributed by atoms with van der Waals surface area (Å²) in [7, 11) is -5.01. The maximum atomic E-state index is 13.3. The van der Waals surface area contributed by atoms with Crippen LogP contribution in [-0.2, 0) is 10.0 Å². The van der Waals surface area contributed by atoms with Crippen molar-refractivity contribution in [1.29, 1.82) is 0 Å². The van der Waals surface area contributed by atoms with Crippen molar-refractivity contribution in [3.63, 3.8) is 0 Å². The number of rotatable bonds is 3. The molecule has 0 aliphatic carbocycles. The van der Waals surface area contributed by atoms with E-state index in [1.165, 1.54) is 0 Å².